The summed E-state index contributed by atoms with van der Waals surface area (Å²) in [5, 5.41) is 16.0. The molecule has 6 rings (SSSR count). The van der Waals surface area contributed by atoms with Crippen molar-refractivity contribution in [3.63, 3.8) is 0 Å². The molecule has 17 heteroatoms. The number of benzene rings is 3. The Bertz CT molecular complexity index is 2000. The van der Waals surface area contributed by atoms with Crippen molar-refractivity contribution in [3.8, 4) is 0 Å². The first-order chi connectivity index (χ1) is 23.4. The number of hydrogen-bond donors (Lipinski definition) is 3. The minimum Gasteiger partial charge on any atom is -0.476 e. The predicted octanol–water partition coefficient (Wildman–Crippen LogP) is 3.76. The average molecular weight is 740 g/mol. The average Bonchev–Trinajstić information content (AvgIpc) is 3.42. The number of carboxylic acids is 1. The highest BCUT2D eigenvalue weighted by Crippen LogP contribution is 2.42. The molecule has 0 radical (unpaired) electrons. The van der Waals surface area contributed by atoms with Gasteiger partial charge in [0.2, 0.25) is 5.60 Å². The number of oxime groups is 1. The second-order valence-electron chi connectivity index (χ2n) is 10.7. The van der Waals surface area contributed by atoms with Crippen LogP contribution in [0.15, 0.2) is 108 Å². The summed E-state index contributed by atoms with van der Waals surface area (Å²) in [6.45, 7) is 0. The molecule has 3 aromatic carbocycles. The minimum absolute atomic E-state index is 0.0343. The second-order valence-corrected chi connectivity index (χ2v) is 15.0. The van der Waals surface area contributed by atoms with Crippen LogP contribution in [0.2, 0.25) is 4.34 Å². The third-order valence-electron chi connectivity index (χ3n) is 7.53. The van der Waals surface area contributed by atoms with Crippen molar-refractivity contribution in [3.05, 3.63) is 129 Å². The number of thioether (sulfide) groups is 1. The fraction of sp³-hybridized carbons (Fsp3) is 0.156. The van der Waals surface area contributed by atoms with Gasteiger partial charge in [0.05, 0.1) is 12.0 Å². The molecule has 1 fully saturated rings. The maximum absolute atomic E-state index is 14.1. The largest absolute Gasteiger partial charge is 0.476 e. The van der Waals surface area contributed by atoms with Gasteiger partial charge in [0.1, 0.15) is 21.4 Å². The number of hydrogen-bond acceptors (Lipinski definition) is 12. The van der Waals surface area contributed by atoms with Gasteiger partial charge in [0, 0.05) is 16.7 Å². The van der Waals surface area contributed by atoms with Crippen LogP contribution in [0.5, 0.6) is 0 Å². The molecule has 2 amide bonds. The Labute approximate surface area is 293 Å². The molecule has 2 atom stereocenters. The molecule has 0 bridgehead atoms. The second kappa shape index (κ2) is 13.5. The Morgan fingerprint density at radius 1 is 1.02 bits per heavy atom. The number of amides is 2. The smallest absolute Gasteiger partial charge is 0.356 e. The normalized spacial score (nSPS) is 18.0. The Hall–Kier alpha value is -4.90. The summed E-state index contributed by atoms with van der Waals surface area (Å²) >= 11 is 8.39. The van der Waals surface area contributed by atoms with E-state index in [1.807, 2.05) is 91.0 Å². The van der Waals surface area contributed by atoms with Gasteiger partial charge in [-0.3, -0.25) is 14.5 Å². The molecule has 1 saturated heterocycles. The SMILES string of the molecule is CS(=O)(=O)OC1=C(C(=O)O)N2C(=O)[C@@H](NC(=O)/C(=N\OC(c3ccccc3)(c3ccccc3)c3ccccc3)c3nc(N)sc3Cl)[C@H]2SC1. The zero-order valence-corrected chi connectivity index (χ0v) is 28.6. The lowest BCUT2D eigenvalue weighted by Gasteiger charge is -2.48. The van der Waals surface area contributed by atoms with E-state index in [-0.39, 0.29) is 20.9 Å². The van der Waals surface area contributed by atoms with Crippen molar-refractivity contribution in [2.75, 3.05) is 17.7 Å². The maximum Gasteiger partial charge on any atom is 0.356 e. The number of β-lactam (4-membered cyclic amide) rings is 1. The highest BCUT2D eigenvalue weighted by Gasteiger charge is 2.55. The van der Waals surface area contributed by atoms with Crippen LogP contribution in [-0.2, 0) is 39.1 Å². The summed E-state index contributed by atoms with van der Waals surface area (Å²) < 4.78 is 28.4. The maximum atomic E-state index is 14.1. The Morgan fingerprint density at radius 3 is 2.00 bits per heavy atom. The van der Waals surface area contributed by atoms with Gasteiger partial charge in [-0.25, -0.2) is 9.78 Å². The molecule has 0 unspecified atom stereocenters. The number of nitrogen functional groups attached to an aromatic ring is 1. The lowest BCUT2D eigenvalue weighted by atomic mass is 9.80. The van der Waals surface area contributed by atoms with Crippen molar-refractivity contribution in [2.24, 2.45) is 5.16 Å². The fourth-order valence-electron chi connectivity index (χ4n) is 5.49. The molecule has 2 aliphatic heterocycles. The molecule has 4 aromatic rings. The van der Waals surface area contributed by atoms with Gasteiger partial charge in [-0.1, -0.05) is 119 Å². The summed E-state index contributed by atoms with van der Waals surface area (Å²) in [5.74, 6) is -3.89. The van der Waals surface area contributed by atoms with Crippen LogP contribution < -0.4 is 11.1 Å². The Balaban J connectivity index is 1.40. The van der Waals surface area contributed by atoms with E-state index in [9.17, 15) is 27.9 Å². The Morgan fingerprint density at radius 2 is 1.55 bits per heavy atom. The number of carboxylic acid groups (broad SMARTS) is 1. The van der Waals surface area contributed by atoms with E-state index in [0.29, 0.717) is 16.7 Å². The van der Waals surface area contributed by atoms with Gasteiger partial charge in [-0.15, -0.1) is 11.8 Å². The predicted molar refractivity (Wildman–Crippen MR) is 184 cm³/mol. The molecule has 0 spiro atoms. The lowest BCUT2D eigenvalue weighted by molar-refractivity contribution is -0.150. The number of carbonyl (C=O) groups excluding carboxylic acids is 2. The number of nitrogens with one attached hydrogen (secondary N) is 1. The zero-order valence-electron chi connectivity index (χ0n) is 25.3. The van der Waals surface area contributed by atoms with Crippen LogP contribution in [0.3, 0.4) is 0 Å². The number of carbonyl (C=O) groups is 3. The third-order valence-corrected chi connectivity index (χ3v) is 10.4. The number of nitrogens with two attached hydrogens (primary N) is 1. The topological polar surface area (TPSA) is 191 Å². The summed E-state index contributed by atoms with van der Waals surface area (Å²) in [6.07, 6.45) is 0.762. The molecule has 4 N–H and O–H groups in total. The number of fused-ring (bicyclic) bond motifs is 1. The molecule has 1 aromatic heterocycles. The molecule has 3 heterocycles. The molecule has 13 nitrogen and oxygen atoms in total. The van der Waals surface area contributed by atoms with Gasteiger partial charge < -0.3 is 25.2 Å². The van der Waals surface area contributed by atoms with E-state index < -0.39 is 62.1 Å². The van der Waals surface area contributed by atoms with Crippen molar-refractivity contribution < 1.29 is 36.9 Å². The van der Waals surface area contributed by atoms with E-state index >= 15 is 0 Å². The van der Waals surface area contributed by atoms with Crippen LogP contribution in [-0.4, -0.2) is 70.3 Å². The molecule has 49 heavy (non-hydrogen) atoms. The monoisotopic (exact) mass is 739 g/mol. The quantitative estimate of drug-likeness (QED) is 0.0668. The van der Waals surface area contributed by atoms with Crippen molar-refractivity contribution in [1.29, 1.82) is 0 Å². The van der Waals surface area contributed by atoms with E-state index in [4.69, 9.17) is 26.4 Å². The van der Waals surface area contributed by atoms with E-state index in [1.165, 1.54) is 0 Å². The van der Waals surface area contributed by atoms with Crippen molar-refractivity contribution >= 4 is 73.4 Å². The number of rotatable bonds is 11. The highest BCUT2D eigenvalue weighted by atomic mass is 35.5. The van der Waals surface area contributed by atoms with Gasteiger partial charge in [-0.05, 0) is 0 Å². The number of aliphatic carboxylic acids is 1. The van der Waals surface area contributed by atoms with Gasteiger partial charge in [0.15, 0.2) is 22.3 Å². The number of aromatic nitrogens is 1. The van der Waals surface area contributed by atoms with E-state index in [2.05, 4.69) is 15.5 Å². The summed E-state index contributed by atoms with van der Waals surface area (Å²) in [6, 6.07) is 26.6. The molecule has 2 aliphatic rings. The number of thiazole rings is 1. The van der Waals surface area contributed by atoms with Gasteiger partial charge in [0.25, 0.3) is 11.8 Å². The molecule has 252 valence electrons. The highest BCUT2D eigenvalue weighted by molar-refractivity contribution is 8.00. The first-order valence-electron chi connectivity index (χ1n) is 14.4. The first kappa shape index (κ1) is 34.0. The number of halogens is 1. The first-order valence-corrected chi connectivity index (χ1v) is 18.4. The van der Waals surface area contributed by atoms with Crippen LogP contribution >= 0.6 is 34.7 Å². The lowest BCUT2D eigenvalue weighted by Crippen LogP contribution is -2.71. The summed E-state index contributed by atoms with van der Waals surface area (Å²) in [5.41, 5.74) is 5.48. The minimum atomic E-state index is -4.08. The van der Waals surface area contributed by atoms with Crippen LogP contribution in [0.1, 0.15) is 22.4 Å². The molecule has 0 aliphatic carbocycles. The Kier molecular flexibility index (Phi) is 9.39. The van der Waals surface area contributed by atoms with Gasteiger partial charge in [-0.2, -0.15) is 8.42 Å². The molecular formula is C32H26ClN5O8S3. The van der Waals surface area contributed by atoms with Crippen molar-refractivity contribution in [2.45, 2.75) is 17.0 Å². The van der Waals surface area contributed by atoms with Gasteiger partial charge >= 0.3 is 16.1 Å². The van der Waals surface area contributed by atoms with Crippen molar-refractivity contribution in [1.82, 2.24) is 15.2 Å². The van der Waals surface area contributed by atoms with Crippen LogP contribution in [0.25, 0.3) is 0 Å². The summed E-state index contributed by atoms with van der Waals surface area (Å²) in [4.78, 5) is 51.0. The van der Waals surface area contributed by atoms with E-state index in [0.717, 1.165) is 34.3 Å². The standard InChI is InChI=1S/C32H26ClN5O8S3/c1-49(43,44)45-21-17-47-29-24(28(40)38(29)25(21)30(41)42)35-27(39)23(22-26(33)48-31(34)36-22)37-46-32(18-11-5-2-6-12-18,19-13-7-3-8-14-19)20-15-9-4-10-16-20/h2-16,24,29H,17H2,1H3,(H2,34,36)(H,35,39)(H,41,42)/b37-23-/t24-,29-/m1/s1. The zero-order chi connectivity index (χ0) is 34.9. The third kappa shape index (κ3) is 6.59. The fourth-order valence-corrected chi connectivity index (χ4v) is 8.25. The van der Waals surface area contributed by atoms with Crippen LogP contribution in [0, 0.1) is 0 Å². The number of anilines is 1. The molecule has 0 saturated carbocycles. The summed E-state index contributed by atoms with van der Waals surface area (Å²) in [7, 11) is -4.08. The molecular weight excluding hydrogens is 714 g/mol. The van der Waals surface area contributed by atoms with E-state index in [1.54, 1.807) is 0 Å². The van der Waals surface area contributed by atoms with Crippen LogP contribution in [0.4, 0.5) is 5.13 Å². The number of nitrogens with zero attached hydrogens (tertiary/aromatic N) is 3.